The largest absolute Gasteiger partial charge is 0.337 e. The molecule has 27 heavy (non-hydrogen) atoms. The SMILES string of the molecule is Cc1ccc2nc(-c3ccc(NS(=O)(=O)c4cn(C)c(C)n4)cc3)sc2c1. The summed E-state index contributed by atoms with van der Waals surface area (Å²) in [6.45, 7) is 3.82. The van der Waals surface area contributed by atoms with E-state index >= 15 is 0 Å². The number of hydrogen-bond donors (Lipinski definition) is 1. The number of hydrogen-bond acceptors (Lipinski definition) is 5. The maximum atomic E-state index is 12.5. The Bertz CT molecular complexity index is 1220. The van der Waals surface area contributed by atoms with E-state index in [9.17, 15) is 8.42 Å². The maximum absolute atomic E-state index is 12.5. The lowest BCUT2D eigenvalue weighted by molar-refractivity contribution is 0.598. The van der Waals surface area contributed by atoms with Crippen molar-refractivity contribution in [2.24, 2.45) is 7.05 Å². The lowest BCUT2D eigenvalue weighted by Gasteiger charge is -2.06. The van der Waals surface area contributed by atoms with Crippen molar-refractivity contribution in [3.8, 4) is 10.6 Å². The number of benzene rings is 2. The third-order valence-corrected chi connectivity index (χ3v) is 6.61. The molecule has 2 aromatic heterocycles. The first-order chi connectivity index (χ1) is 12.8. The molecule has 0 aliphatic heterocycles. The average molecular weight is 399 g/mol. The molecule has 8 heteroatoms. The fraction of sp³-hybridized carbons (Fsp3) is 0.158. The van der Waals surface area contributed by atoms with E-state index in [1.54, 1.807) is 42.0 Å². The number of anilines is 1. The topological polar surface area (TPSA) is 76.9 Å². The van der Waals surface area contributed by atoms with Gasteiger partial charge in [0.05, 0.1) is 10.2 Å². The Kier molecular flexibility index (Phi) is 4.24. The Morgan fingerprint density at radius 2 is 1.78 bits per heavy atom. The number of sulfonamides is 1. The van der Waals surface area contributed by atoms with Gasteiger partial charge in [-0.1, -0.05) is 6.07 Å². The van der Waals surface area contributed by atoms with Crippen LogP contribution in [0.2, 0.25) is 0 Å². The summed E-state index contributed by atoms with van der Waals surface area (Å²) in [4.78, 5) is 8.73. The van der Waals surface area contributed by atoms with Gasteiger partial charge < -0.3 is 4.57 Å². The first kappa shape index (κ1) is 17.7. The van der Waals surface area contributed by atoms with Gasteiger partial charge in [0.2, 0.25) is 0 Å². The van der Waals surface area contributed by atoms with Gasteiger partial charge in [-0.25, -0.2) is 9.97 Å². The van der Waals surface area contributed by atoms with Gasteiger partial charge in [-0.15, -0.1) is 11.3 Å². The molecule has 138 valence electrons. The van der Waals surface area contributed by atoms with Crippen LogP contribution >= 0.6 is 11.3 Å². The van der Waals surface area contributed by atoms with Gasteiger partial charge >= 0.3 is 0 Å². The summed E-state index contributed by atoms with van der Waals surface area (Å²) in [5.74, 6) is 0.636. The molecular formula is C19H18N4O2S2. The number of nitrogens with one attached hydrogen (secondary N) is 1. The first-order valence-corrected chi connectivity index (χ1v) is 10.6. The summed E-state index contributed by atoms with van der Waals surface area (Å²) in [5, 5.41) is 0.915. The van der Waals surface area contributed by atoms with Gasteiger partial charge in [0, 0.05) is 24.5 Å². The number of aromatic nitrogens is 3. The lowest BCUT2D eigenvalue weighted by Crippen LogP contribution is -2.13. The molecule has 1 N–H and O–H groups in total. The quantitative estimate of drug-likeness (QED) is 0.561. The highest BCUT2D eigenvalue weighted by Gasteiger charge is 2.18. The number of imidazole rings is 1. The van der Waals surface area contributed by atoms with Crippen LogP contribution in [0.3, 0.4) is 0 Å². The third-order valence-electron chi connectivity index (χ3n) is 4.29. The van der Waals surface area contributed by atoms with E-state index < -0.39 is 10.0 Å². The molecule has 0 bridgehead atoms. The molecule has 4 aromatic rings. The zero-order valence-electron chi connectivity index (χ0n) is 15.1. The van der Waals surface area contributed by atoms with Crippen molar-refractivity contribution in [1.29, 1.82) is 0 Å². The van der Waals surface area contributed by atoms with E-state index in [4.69, 9.17) is 0 Å². The van der Waals surface area contributed by atoms with Gasteiger partial charge in [-0.2, -0.15) is 8.42 Å². The molecule has 0 saturated carbocycles. The Balaban J connectivity index is 1.59. The highest BCUT2D eigenvalue weighted by Crippen LogP contribution is 2.31. The molecule has 0 radical (unpaired) electrons. The number of nitrogens with zero attached hydrogens (tertiary/aromatic N) is 3. The minimum absolute atomic E-state index is 0.00752. The molecule has 0 fully saturated rings. The zero-order valence-corrected chi connectivity index (χ0v) is 16.7. The van der Waals surface area contributed by atoms with E-state index in [1.165, 1.54) is 11.8 Å². The van der Waals surface area contributed by atoms with Crippen LogP contribution in [-0.4, -0.2) is 23.0 Å². The molecule has 0 saturated heterocycles. The molecule has 2 aromatic carbocycles. The fourth-order valence-corrected chi connectivity index (χ4v) is 4.87. The molecule has 0 amide bonds. The van der Waals surface area contributed by atoms with Crippen LogP contribution in [0.4, 0.5) is 5.69 Å². The first-order valence-electron chi connectivity index (χ1n) is 8.32. The minimum atomic E-state index is -3.71. The normalized spacial score (nSPS) is 11.8. The summed E-state index contributed by atoms with van der Waals surface area (Å²) in [5.41, 5.74) is 3.60. The van der Waals surface area contributed by atoms with Crippen molar-refractivity contribution in [2.45, 2.75) is 18.9 Å². The minimum Gasteiger partial charge on any atom is -0.337 e. The second-order valence-corrected chi connectivity index (χ2v) is 9.07. The van der Waals surface area contributed by atoms with Crippen molar-refractivity contribution < 1.29 is 8.42 Å². The summed E-state index contributed by atoms with van der Waals surface area (Å²) < 4.78 is 30.3. The average Bonchev–Trinajstić information content (AvgIpc) is 3.19. The molecule has 0 aliphatic carbocycles. The molecule has 6 nitrogen and oxygen atoms in total. The Labute approximate surface area is 161 Å². The number of rotatable bonds is 4. The Morgan fingerprint density at radius 1 is 1.04 bits per heavy atom. The van der Waals surface area contributed by atoms with E-state index in [-0.39, 0.29) is 5.03 Å². The van der Waals surface area contributed by atoms with E-state index in [0.717, 1.165) is 20.8 Å². The van der Waals surface area contributed by atoms with Crippen LogP contribution in [0.15, 0.2) is 53.7 Å². The lowest BCUT2D eigenvalue weighted by atomic mass is 10.2. The van der Waals surface area contributed by atoms with Crippen molar-refractivity contribution in [3.05, 3.63) is 60.0 Å². The van der Waals surface area contributed by atoms with Crippen LogP contribution in [0, 0.1) is 13.8 Å². The number of fused-ring (bicyclic) bond motifs is 1. The second kappa shape index (κ2) is 6.47. The highest BCUT2D eigenvalue weighted by atomic mass is 32.2. The second-order valence-electron chi connectivity index (χ2n) is 6.41. The summed E-state index contributed by atoms with van der Waals surface area (Å²) in [6.07, 6.45) is 1.50. The van der Waals surface area contributed by atoms with Gasteiger partial charge in [0.1, 0.15) is 10.8 Å². The van der Waals surface area contributed by atoms with Crippen LogP contribution in [0.25, 0.3) is 20.8 Å². The maximum Gasteiger partial charge on any atom is 0.280 e. The summed E-state index contributed by atoms with van der Waals surface area (Å²) >= 11 is 1.62. The molecule has 2 heterocycles. The van der Waals surface area contributed by atoms with E-state index in [1.807, 2.05) is 24.3 Å². The van der Waals surface area contributed by atoms with Crippen molar-refractivity contribution in [1.82, 2.24) is 14.5 Å². The standard InChI is InChI=1S/C19H18N4O2S2/c1-12-4-9-16-17(10-12)26-19(21-16)14-5-7-15(8-6-14)22-27(24,25)18-11-23(3)13(2)20-18/h4-11,22H,1-3H3. The molecular weight excluding hydrogens is 380 g/mol. The van der Waals surface area contributed by atoms with Crippen LogP contribution < -0.4 is 4.72 Å². The van der Waals surface area contributed by atoms with Crippen LogP contribution in [-0.2, 0) is 17.1 Å². The van der Waals surface area contributed by atoms with Crippen LogP contribution in [0.5, 0.6) is 0 Å². The van der Waals surface area contributed by atoms with Crippen molar-refractivity contribution >= 4 is 37.3 Å². The van der Waals surface area contributed by atoms with Crippen LogP contribution in [0.1, 0.15) is 11.4 Å². The monoisotopic (exact) mass is 398 g/mol. The summed E-state index contributed by atoms with van der Waals surface area (Å²) in [7, 11) is -1.95. The van der Waals surface area contributed by atoms with E-state index in [2.05, 4.69) is 27.7 Å². The Hall–Kier alpha value is -2.71. The molecule has 0 atom stereocenters. The van der Waals surface area contributed by atoms with Gasteiger partial charge in [0.15, 0.2) is 5.03 Å². The van der Waals surface area contributed by atoms with E-state index in [0.29, 0.717) is 11.5 Å². The van der Waals surface area contributed by atoms with Crippen molar-refractivity contribution in [3.63, 3.8) is 0 Å². The Morgan fingerprint density at radius 3 is 2.44 bits per heavy atom. The number of thiazole rings is 1. The third kappa shape index (κ3) is 3.45. The van der Waals surface area contributed by atoms with Gasteiger partial charge in [0.25, 0.3) is 10.0 Å². The smallest absolute Gasteiger partial charge is 0.280 e. The highest BCUT2D eigenvalue weighted by molar-refractivity contribution is 7.92. The molecule has 0 aliphatic rings. The van der Waals surface area contributed by atoms with Gasteiger partial charge in [-0.3, -0.25) is 4.72 Å². The zero-order chi connectivity index (χ0) is 19.2. The van der Waals surface area contributed by atoms with Crippen molar-refractivity contribution in [2.75, 3.05) is 4.72 Å². The predicted octanol–water partition coefficient (Wildman–Crippen LogP) is 4.11. The number of aryl methyl sites for hydroxylation is 3. The summed E-state index contributed by atoms with van der Waals surface area (Å²) in [6, 6.07) is 13.4. The molecule has 0 unspecified atom stereocenters. The predicted molar refractivity (Wildman–Crippen MR) is 109 cm³/mol. The fourth-order valence-electron chi connectivity index (χ4n) is 2.70. The molecule has 4 rings (SSSR count). The molecule has 0 spiro atoms. The van der Waals surface area contributed by atoms with Gasteiger partial charge in [-0.05, 0) is 55.8 Å².